The normalized spacial score (nSPS) is 11.7. The minimum absolute atomic E-state index is 0. The van der Waals surface area contributed by atoms with Crippen LogP contribution in [0.5, 0.6) is 5.75 Å². The number of aliphatic imine (C=N–C) groups is 1. The number of rotatable bonds is 6. The van der Waals surface area contributed by atoms with Crippen LogP contribution in [0.2, 0.25) is 0 Å². The Balaban J connectivity index is 0.00000338. The molecule has 0 saturated carbocycles. The second-order valence-electron chi connectivity index (χ2n) is 5.08. The third kappa shape index (κ3) is 6.98. The first-order chi connectivity index (χ1) is 11.9. The van der Waals surface area contributed by atoms with Crippen molar-refractivity contribution in [1.29, 1.82) is 0 Å². The van der Waals surface area contributed by atoms with Crippen molar-refractivity contribution in [3.8, 4) is 5.75 Å². The topological polar surface area (TPSA) is 58.5 Å². The number of hydrogen-bond donors (Lipinski definition) is 2. The predicted octanol–water partition coefficient (Wildman–Crippen LogP) is 3.70. The molecule has 0 bridgehead atoms. The molecule has 2 aromatic rings. The van der Waals surface area contributed by atoms with E-state index in [9.17, 15) is 13.2 Å². The quantitative estimate of drug-likeness (QED) is 0.361. The van der Waals surface area contributed by atoms with Gasteiger partial charge in [0.05, 0.1) is 12.1 Å². The number of nitrogens with zero attached hydrogens (tertiary/aromatic N) is 2. The highest BCUT2D eigenvalue weighted by atomic mass is 127. The Morgan fingerprint density at radius 3 is 2.69 bits per heavy atom. The third-order valence-electron chi connectivity index (χ3n) is 3.29. The molecule has 0 aliphatic rings. The summed E-state index contributed by atoms with van der Waals surface area (Å²) in [6.07, 6.45) is -4.00. The lowest BCUT2D eigenvalue weighted by Crippen LogP contribution is -2.37. The minimum Gasteiger partial charge on any atom is -0.497 e. The Kier molecular flexibility index (Phi) is 9.13. The highest BCUT2D eigenvalue weighted by molar-refractivity contribution is 14.0. The first-order valence-electron chi connectivity index (χ1n) is 7.51. The number of hydrogen-bond acceptors (Lipinski definition) is 4. The van der Waals surface area contributed by atoms with E-state index in [1.54, 1.807) is 14.2 Å². The van der Waals surface area contributed by atoms with Crippen LogP contribution in [0.25, 0.3) is 0 Å². The van der Waals surface area contributed by atoms with Crippen LogP contribution < -0.4 is 15.4 Å². The molecule has 26 heavy (non-hydrogen) atoms. The Hall–Kier alpha value is -1.56. The molecule has 0 saturated heterocycles. The van der Waals surface area contributed by atoms with E-state index < -0.39 is 11.9 Å². The van der Waals surface area contributed by atoms with Gasteiger partial charge in [0.25, 0.3) is 0 Å². The minimum atomic E-state index is -4.39. The second kappa shape index (κ2) is 10.6. The van der Waals surface area contributed by atoms with Gasteiger partial charge in [-0.25, -0.2) is 4.98 Å². The number of thiazole rings is 1. The molecular formula is C16H20F3IN4OS. The number of ether oxygens (including phenoxy) is 1. The Bertz CT molecular complexity index is 722. The van der Waals surface area contributed by atoms with Gasteiger partial charge in [-0.1, -0.05) is 12.1 Å². The molecule has 5 nitrogen and oxygen atoms in total. The van der Waals surface area contributed by atoms with Gasteiger partial charge < -0.3 is 15.4 Å². The number of guanidine groups is 1. The predicted molar refractivity (Wildman–Crippen MR) is 107 cm³/mol. The molecule has 0 aliphatic carbocycles. The van der Waals surface area contributed by atoms with E-state index in [1.165, 1.54) is 0 Å². The van der Waals surface area contributed by atoms with Gasteiger partial charge in [0.2, 0.25) is 0 Å². The molecule has 1 heterocycles. The van der Waals surface area contributed by atoms with Gasteiger partial charge in [-0.15, -0.1) is 35.3 Å². The molecule has 1 aromatic heterocycles. The number of halogens is 4. The van der Waals surface area contributed by atoms with Crippen LogP contribution in [-0.4, -0.2) is 31.6 Å². The third-order valence-corrected chi connectivity index (χ3v) is 4.20. The lowest BCUT2D eigenvalue weighted by molar-refractivity contribution is -0.140. The standard InChI is InChI=1S/C16H19F3N4OS.HI/c1-20-15(22-9-11-4-3-5-12(8-11)24-2)21-7-6-14-23-13(10-25-14)16(17,18)19;/h3-5,8,10H,6-7,9H2,1-2H3,(H2,20,21,22);1H. The molecule has 0 unspecified atom stereocenters. The largest absolute Gasteiger partial charge is 0.497 e. The Morgan fingerprint density at radius 1 is 1.31 bits per heavy atom. The molecule has 0 spiro atoms. The van der Waals surface area contributed by atoms with E-state index in [-0.39, 0.29) is 24.0 Å². The fraction of sp³-hybridized carbons (Fsp3) is 0.375. The lowest BCUT2D eigenvalue weighted by atomic mass is 10.2. The van der Waals surface area contributed by atoms with Crippen molar-refractivity contribution >= 4 is 41.3 Å². The van der Waals surface area contributed by atoms with Crippen LogP contribution in [0.3, 0.4) is 0 Å². The van der Waals surface area contributed by atoms with Gasteiger partial charge in [-0.05, 0) is 17.7 Å². The molecule has 0 radical (unpaired) electrons. The average Bonchev–Trinajstić information content (AvgIpc) is 3.07. The summed E-state index contributed by atoms with van der Waals surface area (Å²) in [4.78, 5) is 7.68. The zero-order valence-corrected chi connectivity index (χ0v) is 17.4. The zero-order valence-electron chi connectivity index (χ0n) is 14.3. The summed E-state index contributed by atoms with van der Waals surface area (Å²) in [5, 5.41) is 7.66. The van der Waals surface area contributed by atoms with Crippen molar-refractivity contribution in [3.63, 3.8) is 0 Å². The first kappa shape index (κ1) is 22.5. The number of aromatic nitrogens is 1. The van der Waals surface area contributed by atoms with Crippen molar-refractivity contribution in [1.82, 2.24) is 15.6 Å². The van der Waals surface area contributed by atoms with Crippen molar-refractivity contribution in [3.05, 3.63) is 45.9 Å². The summed E-state index contributed by atoms with van der Waals surface area (Å²) in [6.45, 7) is 0.981. The molecular weight excluding hydrogens is 480 g/mol. The van der Waals surface area contributed by atoms with Gasteiger partial charge in [0.15, 0.2) is 11.7 Å². The molecule has 2 N–H and O–H groups in total. The van der Waals surface area contributed by atoms with Gasteiger partial charge in [-0.2, -0.15) is 13.2 Å². The van der Waals surface area contributed by atoms with E-state index in [0.717, 1.165) is 28.0 Å². The van der Waals surface area contributed by atoms with Crippen molar-refractivity contribution < 1.29 is 17.9 Å². The molecule has 0 fully saturated rings. The Labute approximate surface area is 171 Å². The monoisotopic (exact) mass is 500 g/mol. The van der Waals surface area contributed by atoms with E-state index in [1.807, 2.05) is 24.3 Å². The number of methoxy groups -OCH3 is 1. The van der Waals surface area contributed by atoms with Crippen LogP contribution in [0.4, 0.5) is 13.2 Å². The van der Waals surface area contributed by atoms with Crippen LogP contribution in [0.1, 0.15) is 16.3 Å². The number of benzene rings is 1. The smallest absolute Gasteiger partial charge is 0.434 e. The van der Waals surface area contributed by atoms with E-state index in [2.05, 4.69) is 20.6 Å². The van der Waals surface area contributed by atoms with Gasteiger partial charge in [0, 0.05) is 31.9 Å². The maximum Gasteiger partial charge on any atom is 0.434 e. The fourth-order valence-electron chi connectivity index (χ4n) is 2.03. The summed E-state index contributed by atoms with van der Waals surface area (Å²) in [5.41, 5.74) is 0.185. The second-order valence-corrected chi connectivity index (χ2v) is 6.02. The van der Waals surface area contributed by atoms with Crippen LogP contribution in [-0.2, 0) is 19.1 Å². The number of alkyl halides is 3. The van der Waals surface area contributed by atoms with E-state index >= 15 is 0 Å². The fourth-order valence-corrected chi connectivity index (χ4v) is 2.84. The zero-order chi connectivity index (χ0) is 18.3. The van der Waals surface area contributed by atoms with E-state index in [4.69, 9.17) is 4.74 Å². The molecule has 2 rings (SSSR count). The summed E-state index contributed by atoms with van der Waals surface area (Å²) in [7, 11) is 3.24. The summed E-state index contributed by atoms with van der Waals surface area (Å²) in [5.74, 6) is 1.34. The highest BCUT2D eigenvalue weighted by Crippen LogP contribution is 2.29. The SMILES string of the molecule is CN=C(NCCc1nc(C(F)(F)F)cs1)NCc1cccc(OC)c1.I. The molecule has 10 heteroatoms. The van der Waals surface area contributed by atoms with Crippen molar-refractivity contribution in [2.24, 2.45) is 4.99 Å². The summed E-state index contributed by atoms with van der Waals surface area (Å²) in [6, 6.07) is 7.62. The first-order valence-corrected chi connectivity index (χ1v) is 8.39. The van der Waals surface area contributed by atoms with Gasteiger partial charge >= 0.3 is 6.18 Å². The van der Waals surface area contributed by atoms with Crippen LogP contribution >= 0.6 is 35.3 Å². The van der Waals surface area contributed by atoms with Gasteiger partial charge in [0.1, 0.15) is 5.75 Å². The molecule has 0 amide bonds. The lowest BCUT2D eigenvalue weighted by Gasteiger charge is -2.12. The van der Waals surface area contributed by atoms with Crippen LogP contribution in [0, 0.1) is 0 Å². The van der Waals surface area contributed by atoms with Crippen molar-refractivity contribution in [2.45, 2.75) is 19.1 Å². The van der Waals surface area contributed by atoms with Crippen molar-refractivity contribution in [2.75, 3.05) is 20.7 Å². The summed E-state index contributed by atoms with van der Waals surface area (Å²) >= 11 is 1.00. The molecule has 1 aromatic carbocycles. The van der Waals surface area contributed by atoms with Crippen LogP contribution in [0.15, 0.2) is 34.6 Å². The number of nitrogens with one attached hydrogen (secondary N) is 2. The molecule has 0 aliphatic heterocycles. The molecule has 144 valence electrons. The average molecular weight is 500 g/mol. The maximum absolute atomic E-state index is 12.5. The maximum atomic E-state index is 12.5. The Morgan fingerprint density at radius 2 is 2.08 bits per heavy atom. The van der Waals surface area contributed by atoms with E-state index in [0.29, 0.717) is 30.5 Å². The summed E-state index contributed by atoms with van der Waals surface area (Å²) < 4.78 is 42.7. The highest BCUT2D eigenvalue weighted by Gasteiger charge is 2.33. The van der Waals surface area contributed by atoms with Gasteiger partial charge in [-0.3, -0.25) is 4.99 Å². The molecule has 0 atom stereocenters.